The van der Waals surface area contributed by atoms with Crippen LogP contribution < -0.4 is 4.57 Å². The van der Waals surface area contributed by atoms with Crippen LogP contribution in [0.5, 0.6) is 0 Å². The zero-order valence-corrected chi connectivity index (χ0v) is 19.5. The zero-order valence-electron chi connectivity index (χ0n) is 19.5. The Morgan fingerprint density at radius 3 is 2.03 bits per heavy atom. The van der Waals surface area contributed by atoms with Crippen LogP contribution in [-0.2, 0) is 19.5 Å². The first-order chi connectivity index (χ1) is 15.3. The molecule has 0 bridgehead atoms. The predicted octanol–water partition coefficient (Wildman–Crippen LogP) is 7.33. The van der Waals surface area contributed by atoms with E-state index in [1.807, 2.05) is 0 Å². The van der Waals surface area contributed by atoms with Gasteiger partial charge in [-0.1, -0.05) is 113 Å². The number of unbranched alkanes of at least 4 members (excludes halogenated alkanes) is 8. The van der Waals surface area contributed by atoms with E-state index in [9.17, 15) is 0 Å². The van der Waals surface area contributed by atoms with Crippen LogP contribution in [-0.4, -0.2) is 4.57 Å². The second kappa shape index (κ2) is 13.9. The molecule has 3 aromatic rings. The van der Waals surface area contributed by atoms with Gasteiger partial charge in [-0.25, -0.2) is 9.13 Å². The van der Waals surface area contributed by atoms with E-state index in [1.165, 1.54) is 68.9 Å². The van der Waals surface area contributed by atoms with Crippen LogP contribution in [0, 0.1) is 0 Å². The lowest BCUT2D eigenvalue weighted by Crippen LogP contribution is -2.35. The molecule has 0 spiro atoms. The molecule has 2 heteroatoms. The molecule has 1 unspecified atom stereocenters. The summed E-state index contributed by atoms with van der Waals surface area (Å²) < 4.78 is 4.74. The van der Waals surface area contributed by atoms with E-state index in [-0.39, 0.29) is 0 Å². The molecule has 0 aliphatic carbocycles. The number of nitrogens with zero attached hydrogens (tertiary/aromatic N) is 2. The minimum atomic E-state index is 0.483. The molecule has 0 saturated carbocycles. The van der Waals surface area contributed by atoms with Gasteiger partial charge in [-0.15, -0.1) is 0 Å². The lowest BCUT2D eigenvalue weighted by atomic mass is 9.92. The number of imidazole rings is 1. The number of benzene rings is 2. The minimum Gasteiger partial charge on any atom is -0.237 e. The third-order valence-electron chi connectivity index (χ3n) is 6.29. The van der Waals surface area contributed by atoms with Crippen LogP contribution in [0.15, 0.2) is 79.4 Å². The lowest BCUT2D eigenvalue weighted by Gasteiger charge is -2.15. The van der Waals surface area contributed by atoms with Crippen molar-refractivity contribution in [1.29, 1.82) is 0 Å². The van der Waals surface area contributed by atoms with Gasteiger partial charge in [0.15, 0.2) is 0 Å². The van der Waals surface area contributed by atoms with Gasteiger partial charge in [-0.2, -0.15) is 0 Å². The average Bonchev–Trinajstić information content (AvgIpc) is 3.26. The van der Waals surface area contributed by atoms with E-state index in [0.717, 1.165) is 19.5 Å². The van der Waals surface area contributed by atoms with Crippen molar-refractivity contribution in [2.45, 2.75) is 90.1 Å². The Morgan fingerprint density at radius 2 is 1.35 bits per heavy atom. The summed E-state index contributed by atoms with van der Waals surface area (Å²) >= 11 is 0. The first-order valence-electron chi connectivity index (χ1n) is 12.5. The Hall–Kier alpha value is -2.35. The maximum Gasteiger partial charge on any atom is 0.243 e. The van der Waals surface area contributed by atoms with Gasteiger partial charge in [-0.3, -0.25) is 0 Å². The van der Waals surface area contributed by atoms with Gasteiger partial charge >= 0.3 is 0 Å². The second-order valence-corrected chi connectivity index (χ2v) is 8.97. The standard InChI is InChI=1S/C29H41N2/c1-2-3-4-5-6-7-8-9-16-21-30-22-23-31(26-30)25-29(28-19-14-11-15-20-28)24-27-17-12-10-13-18-27/h10-15,17-20,22-23,26,29H,2-9,16,21,24-25H2,1H3/q+1. The van der Waals surface area contributed by atoms with Crippen molar-refractivity contribution in [2.24, 2.45) is 0 Å². The fourth-order valence-corrected chi connectivity index (χ4v) is 4.45. The van der Waals surface area contributed by atoms with E-state index < -0.39 is 0 Å². The molecule has 1 aromatic heterocycles. The Kier molecular flexibility index (Phi) is 10.4. The van der Waals surface area contributed by atoms with Gasteiger partial charge < -0.3 is 0 Å². The summed E-state index contributed by atoms with van der Waals surface area (Å²) in [5, 5.41) is 0. The molecule has 2 nitrogen and oxygen atoms in total. The van der Waals surface area contributed by atoms with Crippen LogP contribution in [0.25, 0.3) is 0 Å². The van der Waals surface area contributed by atoms with Gasteiger partial charge in [0.05, 0.1) is 13.1 Å². The molecule has 0 radical (unpaired) electrons. The summed E-state index contributed by atoms with van der Waals surface area (Å²) in [6, 6.07) is 21.9. The largest absolute Gasteiger partial charge is 0.243 e. The fraction of sp³-hybridized carbons (Fsp3) is 0.483. The van der Waals surface area contributed by atoms with Crippen molar-refractivity contribution in [1.82, 2.24) is 4.57 Å². The SMILES string of the molecule is CCCCCCCCCCCn1cc[n+](CC(Cc2ccccc2)c2ccccc2)c1. The first kappa shape index (κ1) is 23.3. The molecule has 166 valence electrons. The van der Waals surface area contributed by atoms with Crippen molar-refractivity contribution in [3.05, 3.63) is 90.5 Å². The molecular weight excluding hydrogens is 376 g/mol. The molecule has 0 N–H and O–H groups in total. The molecule has 31 heavy (non-hydrogen) atoms. The van der Waals surface area contributed by atoms with E-state index >= 15 is 0 Å². The highest BCUT2D eigenvalue weighted by molar-refractivity contribution is 5.23. The zero-order chi connectivity index (χ0) is 21.6. The van der Waals surface area contributed by atoms with Crippen molar-refractivity contribution in [2.75, 3.05) is 0 Å². The normalized spacial score (nSPS) is 12.2. The highest BCUT2D eigenvalue weighted by Crippen LogP contribution is 2.21. The van der Waals surface area contributed by atoms with Crippen LogP contribution in [0.3, 0.4) is 0 Å². The average molecular weight is 418 g/mol. The van der Waals surface area contributed by atoms with E-state index in [2.05, 4.69) is 95.4 Å². The Morgan fingerprint density at radius 1 is 0.742 bits per heavy atom. The quantitative estimate of drug-likeness (QED) is 0.181. The molecule has 0 amide bonds. The van der Waals surface area contributed by atoms with Gasteiger partial charge in [-0.05, 0) is 30.4 Å². The lowest BCUT2D eigenvalue weighted by molar-refractivity contribution is -0.699. The van der Waals surface area contributed by atoms with E-state index in [1.54, 1.807) is 0 Å². The molecular formula is C29H41N2+. The molecule has 0 aliphatic heterocycles. The van der Waals surface area contributed by atoms with Crippen LogP contribution in [0.4, 0.5) is 0 Å². The van der Waals surface area contributed by atoms with Crippen LogP contribution >= 0.6 is 0 Å². The van der Waals surface area contributed by atoms with E-state index in [0.29, 0.717) is 5.92 Å². The van der Waals surface area contributed by atoms with Gasteiger partial charge in [0.25, 0.3) is 0 Å². The van der Waals surface area contributed by atoms with Crippen LogP contribution in [0.2, 0.25) is 0 Å². The summed E-state index contributed by atoms with van der Waals surface area (Å²) in [4.78, 5) is 0. The van der Waals surface area contributed by atoms with Gasteiger partial charge in [0.2, 0.25) is 6.33 Å². The highest BCUT2D eigenvalue weighted by atomic mass is 15.1. The molecule has 0 saturated heterocycles. The third-order valence-corrected chi connectivity index (χ3v) is 6.29. The monoisotopic (exact) mass is 417 g/mol. The molecule has 0 aliphatic rings. The smallest absolute Gasteiger partial charge is 0.237 e. The summed E-state index contributed by atoms with van der Waals surface area (Å²) in [7, 11) is 0. The highest BCUT2D eigenvalue weighted by Gasteiger charge is 2.16. The Balaban J connectivity index is 1.45. The minimum absolute atomic E-state index is 0.483. The summed E-state index contributed by atoms with van der Waals surface area (Å²) in [5.74, 6) is 0.483. The maximum atomic E-state index is 2.37. The number of hydrogen-bond donors (Lipinski definition) is 0. The molecule has 1 heterocycles. The van der Waals surface area contributed by atoms with Gasteiger partial charge in [0.1, 0.15) is 12.4 Å². The molecule has 3 rings (SSSR count). The summed E-state index contributed by atoms with van der Waals surface area (Å²) in [6.07, 6.45) is 20.3. The van der Waals surface area contributed by atoms with Crippen molar-refractivity contribution in [3.8, 4) is 0 Å². The van der Waals surface area contributed by atoms with Crippen molar-refractivity contribution in [3.63, 3.8) is 0 Å². The summed E-state index contributed by atoms with van der Waals surface area (Å²) in [6.45, 7) is 4.44. The molecule has 1 atom stereocenters. The topological polar surface area (TPSA) is 8.81 Å². The number of aromatic nitrogens is 2. The van der Waals surface area contributed by atoms with Crippen LogP contribution in [0.1, 0.15) is 81.8 Å². The first-order valence-corrected chi connectivity index (χ1v) is 12.5. The fourth-order valence-electron chi connectivity index (χ4n) is 4.45. The van der Waals surface area contributed by atoms with Crippen molar-refractivity contribution < 1.29 is 4.57 Å². The Bertz CT molecular complexity index is 822. The molecule has 2 aromatic carbocycles. The predicted molar refractivity (Wildman–Crippen MR) is 131 cm³/mol. The number of aryl methyl sites for hydroxylation is 1. The third kappa shape index (κ3) is 8.73. The van der Waals surface area contributed by atoms with Crippen molar-refractivity contribution >= 4 is 0 Å². The Labute approximate surface area is 190 Å². The number of hydrogen-bond acceptors (Lipinski definition) is 0. The summed E-state index contributed by atoms with van der Waals surface area (Å²) in [5.41, 5.74) is 2.83. The molecule has 0 fully saturated rings. The maximum absolute atomic E-state index is 2.37. The van der Waals surface area contributed by atoms with E-state index in [4.69, 9.17) is 0 Å². The number of rotatable bonds is 15. The second-order valence-electron chi connectivity index (χ2n) is 8.97. The van der Waals surface area contributed by atoms with Gasteiger partial charge in [0, 0.05) is 5.92 Å².